The lowest BCUT2D eigenvalue weighted by Crippen LogP contribution is -2.57. The number of benzene rings is 1. The van der Waals surface area contributed by atoms with Gasteiger partial charge in [0.2, 0.25) is 11.8 Å². The van der Waals surface area contributed by atoms with E-state index in [2.05, 4.69) is 10.6 Å². The molecule has 1 heterocycles. The lowest BCUT2D eigenvalue weighted by atomic mass is 10.0. The number of fused-ring (bicyclic) bond motifs is 1. The maximum atomic E-state index is 12.7. The van der Waals surface area contributed by atoms with Crippen LogP contribution in [-0.4, -0.2) is 35.7 Å². The Hall–Kier alpha value is -2.02. The van der Waals surface area contributed by atoms with Gasteiger partial charge in [-0.1, -0.05) is 37.7 Å². The Morgan fingerprint density at radius 3 is 2.57 bits per heavy atom. The summed E-state index contributed by atoms with van der Waals surface area (Å²) >= 11 is 1.17. The number of rotatable bonds is 4. The summed E-state index contributed by atoms with van der Waals surface area (Å²) in [7, 11) is 1.27. The Labute approximate surface area is 139 Å². The number of thioether (sulfide) groups is 1. The minimum absolute atomic E-state index is 0.154. The lowest BCUT2D eigenvalue weighted by Gasteiger charge is -2.33. The van der Waals surface area contributed by atoms with E-state index < -0.39 is 28.6 Å². The fourth-order valence-electron chi connectivity index (χ4n) is 2.22. The summed E-state index contributed by atoms with van der Waals surface area (Å²) in [6, 6.07) is 6.48. The van der Waals surface area contributed by atoms with E-state index in [1.54, 1.807) is 26.8 Å². The van der Waals surface area contributed by atoms with Crippen LogP contribution in [0.5, 0.6) is 0 Å². The van der Waals surface area contributed by atoms with Gasteiger partial charge in [0.25, 0.3) is 0 Å². The molecule has 2 rings (SSSR count). The molecule has 0 saturated carbocycles. The second kappa shape index (κ2) is 6.62. The summed E-state index contributed by atoms with van der Waals surface area (Å²) in [5.41, 5.74) is 0.682. The first-order valence-corrected chi connectivity index (χ1v) is 8.09. The van der Waals surface area contributed by atoms with Crippen molar-refractivity contribution in [2.24, 2.45) is 5.92 Å². The SMILES string of the molecule is COC(=O)C(NC(=O)C1(C)Sc2ccccc2NC1=O)C(C)C. The van der Waals surface area contributed by atoms with Gasteiger partial charge >= 0.3 is 5.97 Å². The number of para-hydroxylation sites is 1. The topological polar surface area (TPSA) is 84.5 Å². The quantitative estimate of drug-likeness (QED) is 0.647. The standard InChI is InChI=1S/C16H20N2O4S/c1-9(2)12(13(19)22-4)18-15(21)16(3)14(20)17-10-7-5-6-8-11(10)23-16/h5-9,12H,1-4H3,(H,17,20)(H,18,21). The third-order valence-corrected chi connectivity index (χ3v) is 5.08. The number of hydrogen-bond donors (Lipinski definition) is 2. The zero-order valence-corrected chi connectivity index (χ0v) is 14.3. The zero-order chi connectivity index (χ0) is 17.2. The molecule has 23 heavy (non-hydrogen) atoms. The Morgan fingerprint density at radius 1 is 1.30 bits per heavy atom. The van der Waals surface area contributed by atoms with E-state index in [0.29, 0.717) is 5.69 Å². The molecule has 0 saturated heterocycles. The maximum absolute atomic E-state index is 12.7. The van der Waals surface area contributed by atoms with Crippen molar-refractivity contribution in [3.8, 4) is 0 Å². The van der Waals surface area contributed by atoms with E-state index in [9.17, 15) is 14.4 Å². The van der Waals surface area contributed by atoms with Gasteiger partial charge in [-0.05, 0) is 25.0 Å². The van der Waals surface area contributed by atoms with Crippen LogP contribution in [0, 0.1) is 5.92 Å². The van der Waals surface area contributed by atoms with Gasteiger partial charge in [-0.2, -0.15) is 0 Å². The predicted octanol–water partition coefficient (Wildman–Crippen LogP) is 1.80. The molecule has 0 fully saturated rings. The average Bonchev–Trinajstić information content (AvgIpc) is 2.52. The number of carbonyl (C=O) groups excluding carboxylic acids is 3. The van der Waals surface area contributed by atoms with Crippen molar-refractivity contribution in [1.82, 2.24) is 5.32 Å². The Kier molecular flexibility index (Phi) is 4.99. The van der Waals surface area contributed by atoms with E-state index in [1.165, 1.54) is 18.9 Å². The molecule has 1 aliphatic heterocycles. The van der Waals surface area contributed by atoms with Gasteiger partial charge in [-0.15, -0.1) is 0 Å². The monoisotopic (exact) mass is 336 g/mol. The number of amides is 2. The van der Waals surface area contributed by atoms with Gasteiger partial charge in [0.15, 0.2) is 4.75 Å². The van der Waals surface area contributed by atoms with Crippen LogP contribution in [0.3, 0.4) is 0 Å². The Balaban J connectivity index is 2.24. The Morgan fingerprint density at radius 2 is 1.96 bits per heavy atom. The zero-order valence-electron chi connectivity index (χ0n) is 13.5. The second-order valence-electron chi connectivity index (χ2n) is 5.80. The number of anilines is 1. The van der Waals surface area contributed by atoms with E-state index >= 15 is 0 Å². The minimum atomic E-state index is -1.35. The highest BCUT2D eigenvalue weighted by Gasteiger charge is 2.47. The number of hydrogen-bond acceptors (Lipinski definition) is 5. The number of ether oxygens (including phenoxy) is 1. The van der Waals surface area contributed by atoms with Gasteiger partial charge in [-0.25, -0.2) is 4.79 Å². The van der Waals surface area contributed by atoms with Crippen molar-refractivity contribution in [3.05, 3.63) is 24.3 Å². The van der Waals surface area contributed by atoms with Crippen LogP contribution >= 0.6 is 11.8 Å². The smallest absolute Gasteiger partial charge is 0.328 e. The van der Waals surface area contributed by atoms with Crippen LogP contribution < -0.4 is 10.6 Å². The van der Waals surface area contributed by atoms with Crippen LogP contribution in [0.25, 0.3) is 0 Å². The van der Waals surface area contributed by atoms with Crippen molar-refractivity contribution in [1.29, 1.82) is 0 Å². The van der Waals surface area contributed by atoms with Crippen molar-refractivity contribution in [3.63, 3.8) is 0 Å². The van der Waals surface area contributed by atoms with Crippen LogP contribution in [-0.2, 0) is 19.1 Å². The fourth-order valence-corrected chi connectivity index (χ4v) is 3.33. The summed E-state index contributed by atoms with van der Waals surface area (Å²) in [5, 5.41) is 5.38. The van der Waals surface area contributed by atoms with E-state index in [4.69, 9.17) is 4.74 Å². The van der Waals surface area contributed by atoms with Crippen LogP contribution in [0.4, 0.5) is 5.69 Å². The molecule has 124 valence electrons. The van der Waals surface area contributed by atoms with Gasteiger partial charge < -0.3 is 15.4 Å². The molecule has 2 amide bonds. The van der Waals surface area contributed by atoms with Gasteiger partial charge in [0.1, 0.15) is 6.04 Å². The van der Waals surface area contributed by atoms with Gasteiger partial charge in [0.05, 0.1) is 12.8 Å². The molecule has 2 N–H and O–H groups in total. The van der Waals surface area contributed by atoms with E-state index in [-0.39, 0.29) is 5.92 Å². The minimum Gasteiger partial charge on any atom is -0.467 e. The Bertz CT molecular complexity index is 647. The molecular formula is C16H20N2O4S. The first-order chi connectivity index (χ1) is 10.8. The molecule has 0 bridgehead atoms. The maximum Gasteiger partial charge on any atom is 0.328 e. The second-order valence-corrected chi connectivity index (χ2v) is 7.26. The number of nitrogens with one attached hydrogen (secondary N) is 2. The number of methoxy groups -OCH3 is 1. The van der Waals surface area contributed by atoms with Crippen molar-refractivity contribution < 1.29 is 19.1 Å². The molecule has 2 atom stereocenters. The molecular weight excluding hydrogens is 316 g/mol. The molecule has 1 aromatic rings. The van der Waals surface area contributed by atoms with Crippen LogP contribution in [0.1, 0.15) is 20.8 Å². The van der Waals surface area contributed by atoms with E-state index in [0.717, 1.165) is 4.90 Å². The van der Waals surface area contributed by atoms with Crippen molar-refractivity contribution in [2.75, 3.05) is 12.4 Å². The first kappa shape index (κ1) is 17.3. The summed E-state index contributed by atoms with van der Waals surface area (Å²) in [5.74, 6) is -1.61. The number of esters is 1. The van der Waals surface area contributed by atoms with Gasteiger partial charge in [-0.3, -0.25) is 9.59 Å². The summed E-state index contributed by atoms with van der Waals surface area (Å²) in [6.07, 6.45) is 0. The number of carbonyl (C=O) groups is 3. The third-order valence-electron chi connectivity index (χ3n) is 3.72. The molecule has 0 aromatic heterocycles. The molecule has 1 aliphatic rings. The lowest BCUT2D eigenvalue weighted by molar-refractivity contribution is -0.147. The first-order valence-electron chi connectivity index (χ1n) is 7.28. The van der Waals surface area contributed by atoms with Crippen molar-refractivity contribution >= 4 is 35.2 Å². The molecule has 1 aromatic carbocycles. The normalized spacial score (nSPS) is 21.2. The van der Waals surface area contributed by atoms with Crippen LogP contribution in [0.2, 0.25) is 0 Å². The molecule has 0 spiro atoms. The van der Waals surface area contributed by atoms with E-state index in [1.807, 2.05) is 18.2 Å². The average molecular weight is 336 g/mol. The van der Waals surface area contributed by atoms with Crippen molar-refractivity contribution in [2.45, 2.75) is 36.5 Å². The highest BCUT2D eigenvalue weighted by atomic mass is 32.2. The summed E-state index contributed by atoms with van der Waals surface area (Å²) in [4.78, 5) is 37.7. The molecule has 7 heteroatoms. The molecule has 0 radical (unpaired) electrons. The fraction of sp³-hybridized carbons (Fsp3) is 0.438. The summed E-state index contributed by atoms with van der Waals surface area (Å²) in [6.45, 7) is 5.15. The molecule has 0 aliphatic carbocycles. The molecule has 2 unspecified atom stereocenters. The molecule has 6 nitrogen and oxygen atoms in total. The highest BCUT2D eigenvalue weighted by molar-refractivity contribution is 8.02. The van der Waals surface area contributed by atoms with Crippen LogP contribution in [0.15, 0.2) is 29.2 Å². The largest absolute Gasteiger partial charge is 0.467 e. The third kappa shape index (κ3) is 3.34. The highest BCUT2D eigenvalue weighted by Crippen LogP contribution is 2.42. The predicted molar refractivity (Wildman–Crippen MR) is 88.1 cm³/mol. The summed E-state index contributed by atoms with van der Waals surface area (Å²) < 4.78 is 3.37. The van der Waals surface area contributed by atoms with Gasteiger partial charge in [0, 0.05) is 4.90 Å².